The van der Waals surface area contributed by atoms with E-state index < -0.39 is 0 Å². The van der Waals surface area contributed by atoms with Crippen LogP contribution in [-0.4, -0.2) is 28.0 Å². The minimum atomic E-state index is 0.107. The Morgan fingerprint density at radius 2 is 2.22 bits per heavy atom. The molecule has 0 spiro atoms. The second kappa shape index (κ2) is 5.04. The molecule has 1 saturated carbocycles. The summed E-state index contributed by atoms with van der Waals surface area (Å²) in [5.41, 5.74) is 7.27. The lowest BCUT2D eigenvalue weighted by Crippen LogP contribution is -2.38. The summed E-state index contributed by atoms with van der Waals surface area (Å²) in [6.07, 6.45) is 5.19. The molecule has 1 aromatic rings. The molecule has 0 saturated heterocycles. The van der Waals surface area contributed by atoms with E-state index in [9.17, 15) is 4.79 Å². The molecule has 100 valence electrons. The first-order chi connectivity index (χ1) is 8.54. The number of carbonyl (C=O) groups excluding carboxylic acids is 1. The van der Waals surface area contributed by atoms with Crippen LogP contribution in [-0.2, 0) is 0 Å². The standard InChI is InChI=1S/C14H23N3O/c1-4-7-16(10(2)3)14(18)13-8-11(15)9-17(13)12-5-6-12/h8-10,12H,4-7,15H2,1-3H3. The molecule has 0 atom stereocenters. The van der Waals surface area contributed by atoms with E-state index in [1.807, 2.05) is 17.2 Å². The van der Waals surface area contributed by atoms with E-state index in [2.05, 4.69) is 25.3 Å². The van der Waals surface area contributed by atoms with Gasteiger partial charge < -0.3 is 15.2 Å². The van der Waals surface area contributed by atoms with Crippen LogP contribution in [0.1, 0.15) is 56.6 Å². The molecule has 1 amide bonds. The Morgan fingerprint density at radius 1 is 1.56 bits per heavy atom. The van der Waals surface area contributed by atoms with Crippen LogP contribution in [0.4, 0.5) is 5.69 Å². The molecule has 18 heavy (non-hydrogen) atoms. The zero-order valence-electron chi connectivity index (χ0n) is 11.5. The van der Waals surface area contributed by atoms with Gasteiger partial charge in [-0.05, 0) is 39.2 Å². The third-order valence-corrected chi connectivity index (χ3v) is 3.38. The molecular weight excluding hydrogens is 226 g/mol. The number of nitrogens with zero attached hydrogens (tertiary/aromatic N) is 2. The molecule has 2 N–H and O–H groups in total. The van der Waals surface area contributed by atoms with Gasteiger partial charge in [-0.1, -0.05) is 6.92 Å². The van der Waals surface area contributed by atoms with Crippen LogP contribution in [0.3, 0.4) is 0 Å². The maximum atomic E-state index is 12.6. The van der Waals surface area contributed by atoms with Crippen molar-refractivity contribution in [2.45, 2.75) is 52.1 Å². The van der Waals surface area contributed by atoms with Gasteiger partial charge in [-0.2, -0.15) is 0 Å². The zero-order valence-corrected chi connectivity index (χ0v) is 11.5. The van der Waals surface area contributed by atoms with Gasteiger partial charge in [0.05, 0.1) is 5.69 Å². The Labute approximate surface area is 109 Å². The molecule has 1 aliphatic carbocycles. The van der Waals surface area contributed by atoms with Crippen LogP contribution >= 0.6 is 0 Å². The molecule has 4 nitrogen and oxygen atoms in total. The Morgan fingerprint density at radius 3 is 2.72 bits per heavy atom. The number of amides is 1. The quantitative estimate of drug-likeness (QED) is 0.872. The molecule has 0 unspecified atom stereocenters. The van der Waals surface area contributed by atoms with Gasteiger partial charge in [-0.15, -0.1) is 0 Å². The first-order valence-electron chi connectivity index (χ1n) is 6.83. The number of carbonyl (C=O) groups is 1. The summed E-state index contributed by atoms with van der Waals surface area (Å²) in [7, 11) is 0. The SMILES string of the molecule is CCCN(C(=O)c1cc(N)cn1C1CC1)C(C)C. The highest BCUT2D eigenvalue weighted by molar-refractivity contribution is 5.94. The van der Waals surface area contributed by atoms with Gasteiger partial charge in [-0.25, -0.2) is 0 Å². The molecular formula is C14H23N3O. The minimum Gasteiger partial charge on any atom is -0.397 e. The van der Waals surface area contributed by atoms with Crippen molar-refractivity contribution in [3.05, 3.63) is 18.0 Å². The summed E-state index contributed by atoms with van der Waals surface area (Å²) < 4.78 is 2.06. The summed E-state index contributed by atoms with van der Waals surface area (Å²) >= 11 is 0. The van der Waals surface area contributed by atoms with E-state index >= 15 is 0 Å². The van der Waals surface area contributed by atoms with E-state index in [1.165, 1.54) is 0 Å². The highest BCUT2D eigenvalue weighted by Crippen LogP contribution is 2.37. The smallest absolute Gasteiger partial charge is 0.270 e. The van der Waals surface area contributed by atoms with Gasteiger partial charge in [0, 0.05) is 24.8 Å². The van der Waals surface area contributed by atoms with Crippen molar-refractivity contribution in [3.63, 3.8) is 0 Å². The van der Waals surface area contributed by atoms with Crippen LogP contribution in [0.15, 0.2) is 12.3 Å². The van der Waals surface area contributed by atoms with Crippen molar-refractivity contribution >= 4 is 11.6 Å². The number of aromatic nitrogens is 1. The molecule has 0 aliphatic heterocycles. The number of hydrogen-bond donors (Lipinski definition) is 1. The number of anilines is 1. The molecule has 2 rings (SSSR count). The van der Waals surface area contributed by atoms with E-state index in [1.54, 1.807) is 0 Å². The monoisotopic (exact) mass is 249 g/mol. The van der Waals surface area contributed by atoms with Crippen LogP contribution < -0.4 is 5.73 Å². The Balaban J connectivity index is 2.26. The summed E-state index contributed by atoms with van der Waals surface area (Å²) in [5.74, 6) is 0.107. The normalized spacial score (nSPS) is 15.1. The van der Waals surface area contributed by atoms with Crippen molar-refractivity contribution in [1.29, 1.82) is 0 Å². The van der Waals surface area contributed by atoms with Crippen LogP contribution in [0.2, 0.25) is 0 Å². The van der Waals surface area contributed by atoms with E-state index in [-0.39, 0.29) is 11.9 Å². The van der Waals surface area contributed by atoms with Crippen LogP contribution in [0.5, 0.6) is 0 Å². The maximum absolute atomic E-state index is 12.6. The predicted octanol–water partition coefficient (Wildman–Crippen LogP) is 2.67. The fraction of sp³-hybridized carbons (Fsp3) is 0.643. The molecule has 0 aromatic carbocycles. The number of hydrogen-bond acceptors (Lipinski definition) is 2. The van der Waals surface area contributed by atoms with Crippen molar-refractivity contribution in [2.75, 3.05) is 12.3 Å². The first kappa shape index (κ1) is 13.0. The summed E-state index contributed by atoms with van der Waals surface area (Å²) in [6.45, 7) is 7.01. The van der Waals surface area contributed by atoms with Crippen LogP contribution in [0.25, 0.3) is 0 Å². The second-order valence-electron chi connectivity index (χ2n) is 5.39. The topological polar surface area (TPSA) is 51.3 Å². The molecule has 0 bridgehead atoms. The highest BCUT2D eigenvalue weighted by atomic mass is 16.2. The Bertz CT molecular complexity index is 432. The van der Waals surface area contributed by atoms with Gasteiger partial charge in [0.1, 0.15) is 5.69 Å². The highest BCUT2D eigenvalue weighted by Gasteiger charge is 2.29. The predicted molar refractivity (Wildman–Crippen MR) is 73.6 cm³/mol. The maximum Gasteiger partial charge on any atom is 0.270 e. The van der Waals surface area contributed by atoms with Crippen molar-refractivity contribution in [2.24, 2.45) is 0 Å². The zero-order chi connectivity index (χ0) is 13.3. The third-order valence-electron chi connectivity index (χ3n) is 3.38. The fourth-order valence-electron chi connectivity index (χ4n) is 2.31. The fourth-order valence-corrected chi connectivity index (χ4v) is 2.31. The lowest BCUT2D eigenvalue weighted by molar-refractivity contribution is 0.0694. The van der Waals surface area contributed by atoms with Crippen LogP contribution in [0, 0.1) is 0 Å². The largest absolute Gasteiger partial charge is 0.397 e. The molecule has 4 heteroatoms. The third kappa shape index (κ3) is 2.52. The number of rotatable bonds is 5. The lowest BCUT2D eigenvalue weighted by Gasteiger charge is -2.26. The summed E-state index contributed by atoms with van der Waals surface area (Å²) in [6, 6.07) is 2.52. The van der Waals surface area contributed by atoms with Gasteiger partial charge in [0.25, 0.3) is 5.91 Å². The Kier molecular flexibility index (Phi) is 3.64. The van der Waals surface area contributed by atoms with E-state index in [4.69, 9.17) is 5.73 Å². The van der Waals surface area contributed by atoms with Crippen molar-refractivity contribution < 1.29 is 4.79 Å². The summed E-state index contributed by atoms with van der Waals surface area (Å²) in [5, 5.41) is 0. The second-order valence-corrected chi connectivity index (χ2v) is 5.39. The molecule has 1 aliphatic rings. The first-order valence-corrected chi connectivity index (χ1v) is 6.83. The van der Waals surface area contributed by atoms with E-state index in [0.29, 0.717) is 11.7 Å². The molecule has 1 fully saturated rings. The van der Waals surface area contributed by atoms with Gasteiger partial charge >= 0.3 is 0 Å². The summed E-state index contributed by atoms with van der Waals surface area (Å²) in [4.78, 5) is 14.5. The van der Waals surface area contributed by atoms with Gasteiger partial charge in [0.2, 0.25) is 0 Å². The van der Waals surface area contributed by atoms with Crippen molar-refractivity contribution in [1.82, 2.24) is 9.47 Å². The lowest BCUT2D eigenvalue weighted by atomic mass is 10.2. The number of nitrogen functional groups attached to an aromatic ring is 1. The average molecular weight is 249 g/mol. The molecule has 1 heterocycles. The average Bonchev–Trinajstić information content (AvgIpc) is 3.08. The number of nitrogens with two attached hydrogens (primary N) is 1. The van der Waals surface area contributed by atoms with E-state index in [0.717, 1.165) is 31.5 Å². The molecule has 0 radical (unpaired) electrons. The van der Waals surface area contributed by atoms with Gasteiger partial charge in [0.15, 0.2) is 0 Å². The minimum absolute atomic E-state index is 0.107. The van der Waals surface area contributed by atoms with Crippen molar-refractivity contribution in [3.8, 4) is 0 Å². The Hall–Kier alpha value is -1.45. The molecule has 1 aromatic heterocycles. The van der Waals surface area contributed by atoms with Gasteiger partial charge in [-0.3, -0.25) is 4.79 Å².